The van der Waals surface area contributed by atoms with E-state index in [-0.39, 0.29) is 5.75 Å². The highest BCUT2D eigenvalue weighted by Gasteiger charge is 2.11. The van der Waals surface area contributed by atoms with Gasteiger partial charge < -0.3 is 9.84 Å². The molecule has 0 aliphatic carbocycles. The molecule has 0 fully saturated rings. The van der Waals surface area contributed by atoms with Gasteiger partial charge >= 0.3 is 5.97 Å². The van der Waals surface area contributed by atoms with Crippen LogP contribution in [0.1, 0.15) is 54.9 Å². The minimum atomic E-state index is -0.400. The van der Waals surface area contributed by atoms with Crippen LogP contribution in [0.4, 0.5) is 0 Å². The van der Waals surface area contributed by atoms with Crippen LogP contribution in [-0.2, 0) is 6.42 Å². The molecule has 0 heterocycles. The van der Waals surface area contributed by atoms with Crippen molar-refractivity contribution >= 4 is 5.97 Å². The van der Waals surface area contributed by atoms with Crippen LogP contribution in [0.15, 0.2) is 48.5 Å². The lowest BCUT2D eigenvalue weighted by Crippen LogP contribution is -2.09. The minimum absolute atomic E-state index is 0.133. The second-order valence-electron chi connectivity index (χ2n) is 5.71. The zero-order valence-corrected chi connectivity index (χ0v) is 13.6. The van der Waals surface area contributed by atoms with Gasteiger partial charge in [0, 0.05) is 0 Å². The first-order valence-electron chi connectivity index (χ1n) is 8.30. The van der Waals surface area contributed by atoms with Crippen LogP contribution in [0.3, 0.4) is 0 Å². The number of unbranched alkanes of at least 4 members (excludes halogenated alkanes) is 4. The Kier molecular flexibility index (Phi) is 6.67. The predicted molar refractivity (Wildman–Crippen MR) is 92.0 cm³/mol. The van der Waals surface area contributed by atoms with E-state index in [0.29, 0.717) is 11.3 Å². The molecule has 0 spiro atoms. The third kappa shape index (κ3) is 5.44. The molecule has 122 valence electrons. The van der Waals surface area contributed by atoms with Crippen LogP contribution in [0, 0.1) is 0 Å². The lowest BCUT2D eigenvalue weighted by Gasteiger charge is -2.10. The van der Waals surface area contributed by atoms with Crippen molar-refractivity contribution in [3.05, 3.63) is 59.7 Å². The molecule has 2 rings (SSSR count). The molecule has 1 N–H and O–H groups in total. The van der Waals surface area contributed by atoms with E-state index in [1.54, 1.807) is 12.1 Å². The fourth-order valence-electron chi connectivity index (χ4n) is 2.49. The fourth-order valence-corrected chi connectivity index (χ4v) is 2.49. The van der Waals surface area contributed by atoms with Gasteiger partial charge in [0.25, 0.3) is 0 Å². The van der Waals surface area contributed by atoms with E-state index in [1.807, 2.05) is 24.3 Å². The normalized spacial score (nSPS) is 10.5. The summed E-state index contributed by atoms with van der Waals surface area (Å²) in [5, 5.41) is 9.28. The number of carbonyl (C=O) groups excluding carboxylic acids is 1. The van der Waals surface area contributed by atoms with Crippen molar-refractivity contribution in [3.63, 3.8) is 0 Å². The molecule has 3 heteroatoms. The first-order chi connectivity index (χ1) is 11.2. The van der Waals surface area contributed by atoms with Gasteiger partial charge in [-0.1, -0.05) is 50.8 Å². The van der Waals surface area contributed by atoms with Gasteiger partial charge in [-0.2, -0.15) is 0 Å². The number of benzene rings is 2. The fraction of sp³-hybridized carbons (Fsp3) is 0.350. The maximum Gasteiger partial charge on any atom is 0.343 e. The van der Waals surface area contributed by atoms with E-state index in [1.165, 1.54) is 37.8 Å². The molecule has 3 nitrogen and oxygen atoms in total. The second-order valence-corrected chi connectivity index (χ2v) is 5.71. The maximum absolute atomic E-state index is 12.2. The Morgan fingerprint density at radius 3 is 2.39 bits per heavy atom. The number of hydrogen-bond acceptors (Lipinski definition) is 3. The van der Waals surface area contributed by atoms with Crippen LogP contribution in [0.2, 0.25) is 0 Å². The summed E-state index contributed by atoms with van der Waals surface area (Å²) >= 11 is 0. The molecule has 23 heavy (non-hydrogen) atoms. The maximum atomic E-state index is 12.2. The number of carbonyl (C=O) groups is 1. The Hall–Kier alpha value is -2.29. The van der Waals surface area contributed by atoms with Crippen LogP contribution < -0.4 is 4.74 Å². The van der Waals surface area contributed by atoms with Crippen molar-refractivity contribution in [2.24, 2.45) is 0 Å². The van der Waals surface area contributed by atoms with Crippen LogP contribution in [0.25, 0.3) is 0 Å². The summed E-state index contributed by atoms with van der Waals surface area (Å²) in [5.41, 5.74) is 1.50. The van der Waals surface area contributed by atoms with Crippen molar-refractivity contribution < 1.29 is 14.6 Å². The summed E-state index contributed by atoms with van der Waals surface area (Å²) in [6.07, 6.45) is 6.99. The molecule has 0 aliphatic rings. The van der Waals surface area contributed by atoms with Gasteiger partial charge in [-0.25, -0.2) is 4.79 Å². The highest BCUT2D eigenvalue weighted by atomic mass is 16.5. The summed E-state index contributed by atoms with van der Waals surface area (Å²) in [4.78, 5) is 12.2. The standard InChI is InChI=1S/C20H24O3/c1-2-3-4-5-6-9-16-10-7-8-11-19(16)23-20(22)17-12-14-18(21)15-13-17/h7-8,10-15,21H,2-6,9H2,1H3. The van der Waals surface area contributed by atoms with Crippen molar-refractivity contribution in [2.75, 3.05) is 0 Å². The van der Waals surface area contributed by atoms with Gasteiger partial charge in [0.05, 0.1) is 5.56 Å². The molecule has 0 bridgehead atoms. The SMILES string of the molecule is CCCCCCCc1ccccc1OC(=O)c1ccc(O)cc1. The van der Waals surface area contributed by atoms with Gasteiger partial charge in [0.15, 0.2) is 0 Å². The number of rotatable bonds is 8. The average Bonchev–Trinajstić information content (AvgIpc) is 2.56. The molecule has 2 aromatic carbocycles. The van der Waals surface area contributed by atoms with Gasteiger partial charge in [-0.3, -0.25) is 0 Å². The van der Waals surface area contributed by atoms with Crippen molar-refractivity contribution in [2.45, 2.75) is 45.4 Å². The quantitative estimate of drug-likeness (QED) is 0.418. The number of phenolic OH excluding ortho intramolecular Hbond substituents is 1. The molecular weight excluding hydrogens is 288 g/mol. The van der Waals surface area contributed by atoms with Gasteiger partial charge in [-0.15, -0.1) is 0 Å². The molecule has 0 unspecified atom stereocenters. The van der Waals surface area contributed by atoms with Crippen molar-refractivity contribution in [1.82, 2.24) is 0 Å². The third-order valence-corrected chi connectivity index (χ3v) is 3.83. The molecule has 0 saturated heterocycles. The summed E-state index contributed by atoms with van der Waals surface area (Å²) in [5.74, 6) is 0.360. The predicted octanol–water partition coefficient (Wildman–Crippen LogP) is 5.12. The molecule has 0 atom stereocenters. The Labute approximate surface area is 137 Å². The highest BCUT2D eigenvalue weighted by molar-refractivity contribution is 5.91. The van der Waals surface area contributed by atoms with E-state index in [0.717, 1.165) is 18.4 Å². The first kappa shape index (κ1) is 17.1. The number of esters is 1. The van der Waals surface area contributed by atoms with E-state index in [2.05, 4.69) is 6.92 Å². The Bertz CT molecular complexity index is 617. The molecule has 0 aliphatic heterocycles. The monoisotopic (exact) mass is 312 g/mol. The summed E-state index contributed by atoms with van der Waals surface area (Å²) in [6, 6.07) is 13.8. The molecular formula is C20H24O3. The number of para-hydroxylation sites is 1. The Balaban J connectivity index is 1.96. The smallest absolute Gasteiger partial charge is 0.343 e. The van der Waals surface area contributed by atoms with Gasteiger partial charge in [-0.05, 0) is 48.7 Å². The number of hydrogen-bond donors (Lipinski definition) is 1. The van der Waals surface area contributed by atoms with E-state index >= 15 is 0 Å². The zero-order valence-electron chi connectivity index (χ0n) is 13.6. The summed E-state index contributed by atoms with van der Waals surface area (Å²) in [6.45, 7) is 2.21. The molecule has 0 saturated carbocycles. The highest BCUT2D eigenvalue weighted by Crippen LogP contribution is 2.22. The number of ether oxygens (including phenoxy) is 1. The largest absolute Gasteiger partial charge is 0.508 e. The topological polar surface area (TPSA) is 46.5 Å². The zero-order chi connectivity index (χ0) is 16.5. The Morgan fingerprint density at radius 1 is 0.957 bits per heavy atom. The minimum Gasteiger partial charge on any atom is -0.508 e. The first-order valence-corrected chi connectivity index (χ1v) is 8.30. The lowest BCUT2D eigenvalue weighted by atomic mass is 10.0. The van der Waals surface area contributed by atoms with E-state index in [4.69, 9.17) is 4.74 Å². The molecule has 0 radical (unpaired) electrons. The number of aromatic hydroxyl groups is 1. The number of phenols is 1. The van der Waals surface area contributed by atoms with Gasteiger partial charge in [0.1, 0.15) is 11.5 Å². The van der Waals surface area contributed by atoms with Crippen LogP contribution in [0.5, 0.6) is 11.5 Å². The second kappa shape index (κ2) is 8.99. The van der Waals surface area contributed by atoms with Crippen LogP contribution in [-0.4, -0.2) is 11.1 Å². The summed E-state index contributed by atoms with van der Waals surface area (Å²) < 4.78 is 5.53. The molecule has 0 aromatic heterocycles. The molecule has 2 aromatic rings. The van der Waals surface area contributed by atoms with E-state index in [9.17, 15) is 9.90 Å². The lowest BCUT2D eigenvalue weighted by molar-refractivity contribution is 0.0733. The van der Waals surface area contributed by atoms with E-state index < -0.39 is 5.97 Å². The third-order valence-electron chi connectivity index (χ3n) is 3.83. The summed E-state index contributed by atoms with van der Waals surface area (Å²) in [7, 11) is 0. The molecule has 0 amide bonds. The van der Waals surface area contributed by atoms with Crippen molar-refractivity contribution in [1.29, 1.82) is 0 Å². The number of aryl methyl sites for hydroxylation is 1. The van der Waals surface area contributed by atoms with Gasteiger partial charge in [0.2, 0.25) is 0 Å². The Morgan fingerprint density at radius 2 is 1.65 bits per heavy atom. The average molecular weight is 312 g/mol. The van der Waals surface area contributed by atoms with Crippen molar-refractivity contribution in [3.8, 4) is 11.5 Å². The van der Waals surface area contributed by atoms with Crippen LogP contribution >= 0.6 is 0 Å².